The molecule has 0 N–H and O–H groups in total. The molecule has 1 amide bonds. The third-order valence-corrected chi connectivity index (χ3v) is 3.66. The second-order valence-electron chi connectivity index (χ2n) is 5.03. The highest BCUT2D eigenvalue weighted by atomic mass is 16.6. The second-order valence-corrected chi connectivity index (χ2v) is 5.03. The van der Waals surface area contributed by atoms with Crippen LogP contribution in [0.5, 0.6) is 0 Å². The minimum absolute atomic E-state index is 0.139. The van der Waals surface area contributed by atoms with E-state index in [0.29, 0.717) is 24.5 Å². The SMILES string of the molecule is CCOC(=O)N1[C@H](C(C)C)[C@@H]2C=C[C@H]1CC2. The summed E-state index contributed by atoms with van der Waals surface area (Å²) in [6.45, 7) is 6.69. The summed E-state index contributed by atoms with van der Waals surface area (Å²) in [5.41, 5.74) is 0. The lowest BCUT2D eigenvalue weighted by Gasteiger charge is -2.49. The fourth-order valence-corrected chi connectivity index (χ4v) is 3.04. The average molecular weight is 223 g/mol. The van der Waals surface area contributed by atoms with Crippen LogP contribution in [0, 0.1) is 11.8 Å². The highest BCUT2D eigenvalue weighted by molar-refractivity contribution is 5.69. The van der Waals surface area contributed by atoms with Crippen molar-refractivity contribution in [3.8, 4) is 0 Å². The molecule has 1 fully saturated rings. The quantitative estimate of drug-likeness (QED) is 0.674. The number of carbonyl (C=O) groups is 1. The number of ether oxygens (including phenoxy) is 1. The van der Waals surface area contributed by atoms with Crippen LogP contribution in [-0.2, 0) is 4.74 Å². The van der Waals surface area contributed by atoms with Crippen LogP contribution in [0.4, 0.5) is 4.79 Å². The monoisotopic (exact) mass is 223 g/mol. The maximum Gasteiger partial charge on any atom is 0.410 e. The lowest BCUT2D eigenvalue weighted by molar-refractivity contribution is 0.0225. The molecule has 0 saturated carbocycles. The average Bonchev–Trinajstić information content (AvgIpc) is 2.29. The van der Waals surface area contributed by atoms with Crippen LogP contribution >= 0.6 is 0 Å². The fraction of sp³-hybridized carbons (Fsp3) is 0.769. The predicted octanol–water partition coefficient (Wildman–Crippen LogP) is 2.82. The maximum absolute atomic E-state index is 12.0. The van der Waals surface area contributed by atoms with E-state index in [1.165, 1.54) is 6.42 Å². The van der Waals surface area contributed by atoms with Gasteiger partial charge in [0.15, 0.2) is 0 Å². The normalized spacial score (nSPS) is 32.2. The Hall–Kier alpha value is -0.990. The molecule has 3 rings (SSSR count). The van der Waals surface area contributed by atoms with Gasteiger partial charge < -0.3 is 4.74 Å². The van der Waals surface area contributed by atoms with Crippen LogP contribution in [0.15, 0.2) is 12.2 Å². The summed E-state index contributed by atoms with van der Waals surface area (Å²) in [6.07, 6.45) is 6.61. The van der Waals surface area contributed by atoms with Crippen molar-refractivity contribution in [2.75, 3.05) is 6.61 Å². The van der Waals surface area contributed by atoms with Crippen molar-refractivity contribution in [1.29, 1.82) is 0 Å². The van der Waals surface area contributed by atoms with E-state index in [1.54, 1.807) is 0 Å². The maximum atomic E-state index is 12.0. The van der Waals surface area contributed by atoms with E-state index in [9.17, 15) is 4.79 Å². The molecular weight excluding hydrogens is 202 g/mol. The molecule has 2 bridgehead atoms. The van der Waals surface area contributed by atoms with Crippen molar-refractivity contribution in [2.24, 2.45) is 11.8 Å². The summed E-state index contributed by atoms with van der Waals surface area (Å²) in [6, 6.07) is 0.583. The van der Waals surface area contributed by atoms with Crippen LogP contribution in [0.2, 0.25) is 0 Å². The van der Waals surface area contributed by atoms with E-state index < -0.39 is 0 Å². The van der Waals surface area contributed by atoms with E-state index in [-0.39, 0.29) is 12.1 Å². The summed E-state index contributed by atoms with van der Waals surface area (Å²) < 4.78 is 5.17. The Kier molecular flexibility index (Phi) is 3.22. The molecule has 2 aliphatic heterocycles. The number of nitrogens with zero attached hydrogens (tertiary/aromatic N) is 1. The lowest BCUT2D eigenvalue weighted by Crippen LogP contribution is -2.57. The molecule has 3 atom stereocenters. The molecule has 3 nitrogen and oxygen atoms in total. The van der Waals surface area contributed by atoms with Crippen molar-refractivity contribution in [3.63, 3.8) is 0 Å². The molecule has 16 heavy (non-hydrogen) atoms. The Morgan fingerprint density at radius 1 is 1.44 bits per heavy atom. The zero-order valence-electron chi connectivity index (χ0n) is 10.3. The highest BCUT2D eigenvalue weighted by Crippen LogP contribution is 2.38. The van der Waals surface area contributed by atoms with Gasteiger partial charge in [-0.2, -0.15) is 0 Å². The van der Waals surface area contributed by atoms with Crippen molar-refractivity contribution in [1.82, 2.24) is 4.90 Å². The molecule has 90 valence electrons. The lowest BCUT2D eigenvalue weighted by atomic mass is 9.76. The van der Waals surface area contributed by atoms with Gasteiger partial charge in [-0.15, -0.1) is 0 Å². The van der Waals surface area contributed by atoms with Crippen LogP contribution in [-0.4, -0.2) is 29.7 Å². The van der Waals surface area contributed by atoms with Crippen LogP contribution < -0.4 is 0 Å². The molecule has 1 aliphatic carbocycles. The first kappa shape index (κ1) is 11.5. The van der Waals surface area contributed by atoms with Gasteiger partial charge in [-0.1, -0.05) is 26.0 Å². The molecule has 0 unspecified atom stereocenters. The Balaban J connectivity index is 2.20. The molecule has 1 saturated heterocycles. The molecular formula is C13H21NO2. The van der Waals surface area contributed by atoms with E-state index in [4.69, 9.17) is 4.74 Å². The minimum Gasteiger partial charge on any atom is -0.450 e. The number of hydrogen-bond donors (Lipinski definition) is 0. The summed E-state index contributed by atoms with van der Waals surface area (Å²) in [7, 11) is 0. The zero-order chi connectivity index (χ0) is 11.7. The molecule has 3 heteroatoms. The smallest absolute Gasteiger partial charge is 0.410 e. The van der Waals surface area contributed by atoms with Crippen molar-refractivity contribution < 1.29 is 9.53 Å². The number of hydrogen-bond acceptors (Lipinski definition) is 2. The molecule has 2 heterocycles. The Morgan fingerprint density at radius 2 is 2.19 bits per heavy atom. The first-order valence-electron chi connectivity index (χ1n) is 6.28. The predicted molar refractivity (Wildman–Crippen MR) is 63.1 cm³/mol. The second kappa shape index (κ2) is 4.48. The van der Waals surface area contributed by atoms with E-state index in [1.807, 2.05) is 11.8 Å². The van der Waals surface area contributed by atoms with E-state index >= 15 is 0 Å². The van der Waals surface area contributed by atoms with Gasteiger partial charge in [-0.3, -0.25) is 4.90 Å². The van der Waals surface area contributed by atoms with Gasteiger partial charge in [0.25, 0.3) is 0 Å². The van der Waals surface area contributed by atoms with Crippen molar-refractivity contribution in [2.45, 2.75) is 45.7 Å². The van der Waals surface area contributed by atoms with Gasteiger partial charge in [0.2, 0.25) is 0 Å². The van der Waals surface area contributed by atoms with Gasteiger partial charge in [-0.25, -0.2) is 4.79 Å². The highest BCUT2D eigenvalue weighted by Gasteiger charge is 2.43. The molecule has 0 aromatic heterocycles. The van der Waals surface area contributed by atoms with E-state index in [0.717, 1.165) is 6.42 Å². The Morgan fingerprint density at radius 3 is 2.69 bits per heavy atom. The van der Waals surface area contributed by atoms with Gasteiger partial charge in [0, 0.05) is 6.04 Å². The van der Waals surface area contributed by atoms with Gasteiger partial charge >= 0.3 is 6.09 Å². The summed E-state index contributed by atoms with van der Waals surface area (Å²) in [4.78, 5) is 13.9. The third kappa shape index (κ3) is 1.83. The summed E-state index contributed by atoms with van der Waals surface area (Å²) in [5, 5.41) is 0. The van der Waals surface area contributed by atoms with Crippen molar-refractivity contribution in [3.05, 3.63) is 12.2 Å². The van der Waals surface area contributed by atoms with E-state index in [2.05, 4.69) is 26.0 Å². The zero-order valence-corrected chi connectivity index (χ0v) is 10.3. The third-order valence-electron chi connectivity index (χ3n) is 3.66. The van der Waals surface area contributed by atoms with Crippen molar-refractivity contribution >= 4 is 6.09 Å². The largest absolute Gasteiger partial charge is 0.450 e. The number of carbonyl (C=O) groups excluding carboxylic acids is 1. The van der Waals surface area contributed by atoms with Crippen LogP contribution in [0.25, 0.3) is 0 Å². The fourth-order valence-electron chi connectivity index (χ4n) is 3.04. The molecule has 0 aromatic rings. The Bertz CT molecular complexity index is 298. The summed E-state index contributed by atoms with van der Waals surface area (Å²) >= 11 is 0. The first-order chi connectivity index (χ1) is 7.65. The number of piperidine rings is 1. The van der Waals surface area contributed by atoms with Crippen LogP contribution in [0.3, 0.4) is 0 Å². The standard InChI is InChI=1S/C13H21NO2/c1-4-16-13(15)14-11-7-5-10(6-8-11)12(14)9(2)3/h5,7,9-12H,4,6,8H2,1-3H3/t10-,11+,12-/m1/s1. The molecule has 0 radical (unpaired) electrons. The minimum atomic E-state index is -0.139. The first-order valence-corrected chi connectivity index (χ1v) is 6.28. The number of amides is 1. The van der Waals surface area contributed by atoms with Gasteiger partial charge in [0.05, 0.1) is 12.6 Å². The van der Waals surface area contributed by atoms with Gasteiger partial charge in [-0.05, 0) is 31.6 Å². The number of fused-ring (bicyclic) bond motifs is 2. The van der Waals surface area contributed by atoms with Crippen LogP contribution in [0.1, 0.15) is 33.6 Å². The van der Waals surface area contributed by atoms with Gasteiger partial charge in [0.1, 0.15) is 0 Å². The molecule has 0 spiro atoms. The topological polar surface area (TPSA) is 29.5 Å². The molecule has 0 aromatic carbocycles. The number of rotatable bonds is 2. The summed E-state index contributed by atoms with van der Waals surface area (Å²) in [5.74, 6) is 1.01. The molecule has 3 aliphatic rings. The Labute approximate surface area is 97.5 Å².